The number of esters is 2. The summed E-state index contributed by atoms with van der Waals surface area (Å²) in [7, 11) is 1.43. The highest BCUT2D eigenvalue weighted by Crippen LogP contribution is 2.49. The van der Waals surface area contributed by atoms with Crippen LogP contribution in [0.4, 0.5) is 0 Å². The van der Waals surface area contributed by atoms with Gasteiger partial charge in [0, 0.05) is 30.8 Å². The fourth-order valence-corrected chi connectivity index (χ4v) is 8.28. The fraction of sp³-hybridized carbons (Fsp3) is 0.676. The lowest BCUT2D eigenvalue weighted by Crippen LogP contribution is -2.51. The summed E-state index contributed by atoms with van der Waals surface area (Å²) in [4.78, 5) is 37.1. The first-order valence-corrected chi connectivity index (χ1v) is 19.3. The third-order valence-electron chi connectivity index (χ3n) is 8.04. The molecule has 0 aliphatic heterocycles. The Kier molecular flexibility index (Phi) is 15.4. The molecule has 0 saturated heterocycles. The number of ketones is 1. The number of methoxy groups -OCH3 is 2. The molecule has 0 aromatic carbocycles. The van der Waals surface area contributed by atoms with Crippen molar-refractivity contribution >= 4 is 38.5 Å². The highest BCUT2D eigenvalue weighted by molar-refractivity contribution is 8.04. The van der Waals surface area contributed by atoms with Crippen LogP contribution in [0.25, 0.3) is 0 Å². The van der Waals surface area contributed by atoms with Crippen molar-refractivity contribution in [3.8, 4) is 11.8 Å². The van der Waals surface area contributed by atoms with Crippen LogP contribution in [0.1, 0.15) is 91.4 Å². The Morgan fingerprint density at radius 2 is 1.67 bits per heavy atom. The molecule has 0 heterocycles. The highest BCUT2D eigenvalue weighted by atomic mass is 32.2. The van der Waals surface area contributed by atoms with E-state index in [1.165, 1.54) is 39.9 Å². The van der Waals surface area contributed by atoms with E-state index in [4.69, 9.17) is 13.9 Å². The number of carbonyl (C=O) groups excluding carboxylic acids is 3. The normalized spacial score (nSPS) is 20.1. The van der Waals surface area contributed by atoms with E-state index in [-0.39, 0.29) is 34.7 Å². The van der Waals surface area contributed by atoms with E-state index in [0.717, 1.165) is 29.9 Å². The Morgan fingerprint density at radius 1 is 1.02 bits per heavy atom. The second-order valence-electron chi connectivity index (χ2n) is 12.5. The van der Waals surface area contributed by atoms with Gasteiger partial charge in [-0.15, -0.1) is 11.8 Å². The summed E-state index contributed by atoms with van der Waals surface area (Å²) in [6, 6.07) is 0. The lowest BCUT2D eigenvalue weighted by molar-refractivity contribution is -0.141. The van der Waals surface area contributed by atoms with E-state index in [1.54, 1.807) is 17.8 Å². The predicted molar refractivity (Wildman–Crippen MR) is 174 cm³/mol. The molecule has 0 amide bonds. The molecule has 0 aromatic heterocycles. The molecule has 0 N–H and O–H groups in total. The smallest absolute Gasteiger partial charge is 0.305 e. The molecule has 42 heavy (non-hydrogen) atoms. The van der Waals surface area contributed by atoms with E-state index >= 15 is 0 Å². The second-order valence-corrected chi connectivity index (χ2v) is 16.0. The summed E-state index contributed by atoms with van der Waals surface area (Å²) in [6.07, 6.45) is 17.7. The molecule has 0 bridgehead atoms. The van der Waals surface area contributed by atoms with E-state index in [2.05, 4.69) is 63.9 Å². The molecule has 1 fully saturated rings. The first-order chi connectivity index (χ1) is 19.9. The molecule has 2 rings (SSSR count). The zero-order chi connectivity index (χ0) is 31.2. The van der Waals surface area contributed by atoms with E-state index in [0.29, 0.717) is 37.2 Å². The maximum atomic E-state index is 13.6. The number of hydrogen-bond donors (Lipinski definition) is 0. The van der Waals surface area contributed by atoms with Crippen molar-refractivity contribution in [2.45, 2.75) is 110 Å². The van der Waals surface area contributed by atoms with Gasteiger partial charge in [0.1, 0.15) is 0 Å². The van der Waals surface area contributed by atoms with Crippen LogP contribution in [0.3, 0.4) is 0 Å². The quantitative estimate of drug-likeness (QED) is 0.0476. The van der Waals surface area contributed by atoms with Crippen LogP contribution in [0.2, 0.25) is 13.1 Å². The zero-order valence-electron chi connectivity index (χ0n) is 26.9. The van der Waals surface area contributed by atoms with Gasteiger partial charge >= 0.3 is 11.9 Å². The Morgan fingerprint density at radius 3 is 2.26 bits per heavy atom. The summed E-state index contributed by atoms with van der Waals surface area (Å²) in [5.41, 5.74) is 0.227. The molecule has 0 radical (unpaired) electrons. The molecular formula is C34H52O6SSi. The maximum Gasteiger partial charge on any atom is 0.305 e. The van der Waals surface area contributed by atoms with Crippen LogP contribution in [0, 0.1) is 29.1 Å². The maximum absolute atomic E-state index is 13.6. The van der Waals surface area contributed by atoms with Crippen molar-refractivity contribution in [1.82, 2.24) is 0 Å². The SMILES string of the molecule is COC(=O)CCCC#CC=C1C(=O)C(SCCCCCC(=O)OC)=CC1C=CC(O[SiH](C)C)(C1CCCC1)C(C)(C)C. The minimum absolute atomic E-state index is 0.0365. The van der Waals surface area contributed by atoms with E-state index in [9.17, 15) is 14.4 Å². The number of Topliss-reactive ketones (excluding diaryl/α,β-unsaturated/α-hetero) is 1. The van der Waals surface area contributed by atoms with Crippen LogP contribution in [-0.4, -0.2) is 52.3 Å². The van der Waals surface area contributed by atoms with Gasteiger partial charge < -0.3 is 13.9 Å². The molecule has 8 heteroatoms. The Labute approximate surface area is 260 Å². The molecule has 6 nitrogen and oxygen atoms in total. The van der Waals surface area contributed by atoms with Gasteiger partial charge in [0.25, 0.3) is 0 Å². The van der Waals surface area contributed by atoms with Gasteiger partial charge in [0.05, 0.1) is 24.7 Å². The molecule has 1 saturated carbocycles. The van der Waals surface area contributed by atoms with Gasteiger partial charge in [-0.05, 0) is 68.4 Å². The second kappa shape index (κ2) is 17.9. The molecule has 2 aliphatic carbocycles. The Balaban J connectivity index is 2.28. The zero-order valence-corrected chi connectivity index (χ0v) is 28.9. The van der Waals surface area contributed by atoms with Crippen LogP contribution in [-0.2, 0) is 28.3 Å². The summed E-state index contributed by atoms with van der Waals surface area (Å²) < 4.78 is 16.4. The van der Waals surface area contributed by atoms with Gasteiger partial charge in [0.2, 0.25) is 0 Å². The molecule has 2 unspecified atom stereocenters. The molecule has 2 aliphatic rings. The topological polar surface area (TPSA) is 78.9 Å². The van der Waals surface area contributed by atoms with Crippen molar-refractivity contribution in [3.05, 3.63) is 34.8 Å². The van der Waals surface area contributed by atoms with Crippen LogP contribution in [0.15, 0.2) is 34.8 Å². The number of hydrogen-bond acceptors (Lipinski definition) is 7. The number of allylic oxidation sites excluding steroid dienone is 5. The minimum Gasteiger partial charge on any atom is -0.469 e. The molecule has 0 spiro atoms. The van der Waals surface area contributed by atoms with E-state index < -0.39 is 9.04 Å². The first kappa shape index (κ1) is 36.1. The van der Waals surface area contributed by atoms with Gasteiger partial charge in [-0.3, -0.25) is 14.4 Å². The average molecular weight is 617 g/mol. The summed E-state index contributed by atoms with van der Waals surface area (Å²) in [5, 5.41) is 0. The number of ether oxygens (including phenoxy) is 2. The van der Waals surface area contributed by atoms with Gasteiger partial charge in [-0.1, -0.05) is 70.1 Å². The highest BCUT2D eigenvalue weighted by Gasteiger charge is 2.48. The number of rotatable bonds is 15. The standard InChI is InChI=1S/C34H52O6SSi/c1-33(2,3)34(40-42(6)7,27-17-14-15-18-27)23-22-26-25-29(41-24-16-10-13-21-31(36)39-5)32(37)28(26)19-11-8-9-12-20-30(35)38-4/h19,22-23,25-27,42H,9-10,12-18,20-21,24H2,1-7H3. The third-order valence-corrected chi connectivity index (χ3v) is 10.0. The molecule has 2 atom stereocenters. The molecule has 0 aromatic rings. The van der Waals surface area contributed by atoms with Crippen LogP contribution >= 0.6 is 11.8 Å². The monoisotopic (exact) mass is 616 g/mol. The first-order valence-electron chi connectivity index (χ1n) is 15.5. The van der Waals surface area contributed by atoms with Crippen molar-refractivity contribution < 1.29 is 28.3 Å². The van der Waals surface area contributed by atoms with Crippen LogP contribution in [0.5, 0.6) is 0 Å². The Bertz CT molecular complexity index is 1070. The Hall–Kier alpha value is -2.08. The number of carbonyl (C=O) groups is 3. The number of unbranched alkanes of at least 4 members (excludes halogenated alkanes) is 3. The van der Waals surface area contributed by atoms with E-state index in [1.807, 2.05) is 0 Å². The summed E-state index contributed by atoms with van der Waals surface area (Å²) in [6.45, 7) is 11.3. The van der Waals surface area contributed by atoms with Crippen LogP contribution < -0.4 is 0 Å². The largest absolute Gasteiger partial charge is 0.469 e. The van der Waals surface area contributed by atoms with Crippen molar-refractivity contribution in [3.63, 3.8) is 0 Å². The minimum atomic E-state index is -1.37. The predicted octanol–water partition coefficient (Wildman–Crippen LogP) is 7.34. The summed E-state index contributed by atoms with van der Waals surface area (Å²) in [5.74, 6) is 6.92. The third kappa shape index (κ3) is 10.9. The fourth-order valence-electron chi connectivity index (χ4n) is 5.82. The summed E-state index contributed by atoms with van der Waals surface area (Å²) >= 11 is 1.59. The molecular weight excluding hydrogens is 565 g/mol. The lowest BCUT2D eigenvalue weighted by Gasteiger charge is -2.48. The van der Waals surface area contributed by atoms with Gasteiger partial charge in [-0.2, -0.15) is 0 Å². The van der Waals surface area contributed by atoms with Gasteiger partial charge in [0.15, 0.2) is 14.8 Å². The average Bonchev–Trinajstić information content (AvgIpc) is 3.58. The lowest BCUT2D eigenvalue weighted by atomic mass is 9.67. The van der Waals surface area contributed by atoms with Crippen molar-refractivity contribution in [2.24, 2.45) is 17.3 Å². The van der Waals surface area contributed by atoms with Crippen molar-refractivity contribution in [1.29, 1.82) is 0 Å². The molecule has 234 valence electrons. The van der Waals surface area contributed by atoms with Gasteiger partial charge in [-0.25, -0.2) is 0 Å². The number of thioether (sulfide) groups is 1. The van der Waals surface area contributed by atoms with Crippen molar-refractivity contribution in [2.75, 3.05) is 20.0 Å².